The highest BCUT2D eigenvalue weighted by atomic mass is 16.5. The van der Waals surface area contributed by atoms with Gasteiger partial charge < -0.3 is 9.15 Å². The van der Waals surface area contributed by atoms with Gasteiger partial charge in [-0.25, -0.2) is 0 Å². The summed E-state index contributed by atoms with van der Waals surface area (Å²) >= 11 is 0. The fourth-order valence-corrected chi connectivity index (χ4v) is 2.31. The van der Waals surface area contributed by atoms with Crippen molar-refractivity contribution in [2.75, 3.05) is 13.7 Å². The van der Waals surface area contributed by atoms with Crippen LogP contribution >= 0.6 is 0 Å². The summed E-state index contributed by atoms with van der Waals surface area (Å²) in [6.45, 7) is 7.29. The zero-order chi connectivity index (χ0) is 14.4. The van der Waals surface area contributed by atoms with E-state index in [4.69, 9.17) is 9.15 Å². The third-order valence-electron chi connectivity index (χ3n) is 3.15. The molecular formula is C17H23NO2. The average Bonchev–Trinajstić information content (AvgIpc) is 2.91. The van der Waals surface area contributed by atoms with E-state index < -0.39 is 0 Å². The molecule has 1 aromatic carbocycles. The minimum atomic E-state index is 0.628. The molecule has 2 rings (SSSR count). The molecule has 0 fully saturated rings. The van der Waals surface area contributed by atoms with Crippen molar-refractivity contribution < 1.29 is 9.15 Å². The van der Waals surface area contributed by atoms with E-state index in [2.05, 4.69) is 30.9 Å². The van der Waals surface area contributed by atoms with Crippen LogP contribution < -0.4 is 4.74 Å². The summed E-state index contributed by atoms with van der Waals surface area (Å²) in [5, 5.41) is 0. The largest absolute Gasteiger partial charge is 0.497 e. The van der Waals surface area contributed by atoms with Crippen LogP contribution in [0.15, 0.2) is 47.1 Å². The molecule has 3 heteroatoms. The summed E-state index contributed by atoms with van der Waals surface area (Å²) in [6.07, 6.45) is 1.73. The van der Waals surface area contributed by atoms with Gasteiger partial charge in [0, 0.05) is 13.1 Å². The number of rotatable bonds is 7. The Hall–Kier alpha value is -1.74. The van der Waals surface area contributed by atoms with Crippen molar-refractivity contribution in [3.63, 3.8) is 0 Å². The van der Waals surface area contributed by atoms with Crippen molar-refractivity contribution in [1.29, 1.82) is 0 Å². The topological polar surface area (TPSA) is 25.6 Å². The molecule has 108 valence electrons. The van der Waals surface area contributed by atoms with Gasteiger partial charge in [-0.05, 0) is 35.7 Å². The van der Waals surface area contributed by atoms with Gasteiger partial charge in [0.1, 0.15) is 11.5 Å². The molecule has 1 heterocycles. The number of ether oxygens (including phenoxy) is 1. The van der Waals surface area contributed by atoms with E-state index in [0.29, 0.717) is 5.92 Å². The van der Waals surface area contributed by atoms with Gasteiger partial charge in [0.05, 0.1) is 19.9 Å². The summed E-state index contributed by atoms with van der Waals surface area (Å²) in [5.74, 6) is 2.54. The molecule has 0 unspecified atom stereocenters. The monoisotopic (exact) mass is 273 g/mol. The lowest BCUT2D eigenvalue weighted by Gasteiger charge is -2.23. The maximum Gasteiger partial charge on any atom is 0.118 e. The van der Waals surface area contributed by atoms with E-state index in [9.17, 15) is 0 Å². The Morgan fingerprint density at radius 3 is 2.40 bits per heavy atom. The van der Waals surface area contributed by atoms with Crippen molar-refractivity contribution in [3.8, 4) is 5.75 Å². The van der Waals surface area contributed by atoms with Crippen LogP contribution in [-0.4, -0.2) is 18.6 Å². The Morgan fingerprint density at radius 2 is 1.85 bits per heavy atom. The van der Waals surface area contributed by atoms with Crippen LogP contribution in [0.4, 0.5) is 0 Å². The van der Waals surface area contributed by atoms with E-state index >= 15 is 0 Å². The van der Waals surface area contributed by atoms with E-state index in [1.165, 1.54) is 5.56 Å². The SMILES string of the molecule is COc1ccc(CN(Cc2ccco2)CC(C)C)cc1. The van der Waals surface area contributed by atoms with Crippen LogP contribution in [0.2, 0.25) is 0 Å². The summed E-state index contributed by atoms with van der Waals surface area (Å²) in [4.78, 5) is 2.41. The highest BCUT2D eigenvalue weighted by molar-refractivity contribution is 5.27. The van der Waals surface area contributed by atoms with Gasteiger partial charge in [-0.2, -0.15) is 0 Å². The fraction of sp³-hybridized carbons (Fsp3) is 0.412. The second-order valence-electron chi connectivity index (χ2n) is 5.49. The predicted molar refractivity (Wildman–Crippen MR) is 80.7 cm³/mol. The van der Waals surface area contributed by atoms with Crippen LogP contribution in [0.1, 0.15) is 25.2 Å². The van der Waals surface area contributed by atoms with Crippen molar-refractivity contribution >= 4 is 0 Å². The number of benzene rings is 1. The Kier molecular flexibility index (Phi) is 5.24. The van der Waals surface area contributed by atoms with Crippen LogP contribution in [-0.2, 0) is 13.1 Å². The zero-order valence-corrected chi connectivity index (χ0v) is 12.5. The summed E-state index contributed by atoms with van der Waals surface area (Å²) < 4.78 is 10.7. The summed E-state index contributed by atoms with van der Waals surface area (Å²) in [6, 6.07) is 12.2. The van der Waals surface area contributed by atoms with Crippen LogP contribution in [0.3, 0.4) is 0 Å². The molecule has 1 aromatic heterocycles. The minimum Gasteiger partial charge on any atom is -0.497 e. The van der Waals surface area contributed by atoms with E-state index in [0.717, 1.165) is 31.1 Å². The maximum absolute atomic E-state index is 5.46. The molecule has 0 saturated carbocycles. The van der Waals surface area contributed by atoms with Gasteiger partial charge in [0.15, 0.2) is 0 Å². The number of nitrogens with zero attached hydrogens (tertiary/aromatic N) is 1. The molecule has 20 heavy (non-hydrogen) atoms. The first-order valence-electron chi connectivity index (χ1n) is 7.05. The molecule has 0 saturated heterocycles. The second kappa shape index (κ2) is 7.15. The molecule has 3 nitrogen and oxygen atoms in total. The van der Waals surface area contributed by atoms with Gasteiger partial charge in [0.2, 0.25) is 0 Å². The predicted octanol–water partition coefficient (Wildman–Crippen LogP) is 3.95. The molecule has 0 aliphatic rings. The van der Waals surface area contributed by atoms with Crippen molar-refractivity contribution in [2.45, 2.75) is 26.9 Å². The third-order valence-corrected chi connectivity index (χ3v) is 3.15. The lowest BCUT2D eigenvalue weighted by molar-refractivity contribution is 0.210. The molecule has 0 N–H and O–H groups in total. The van der Waals surface area contributed by atoms with Gasteiger partial charge in [-0.3, -0.25) is 4.90 Å². The quantitative estimate of drug-likeness (QED) is 0.764. The molecule has 0 radical (unpaired) electrons. The Labute approximate surface area is 121 Å². The number of hydrogen-bond donors (Lipinski definition) is 0. The number of methoxy groups -OCH3 is 1. The fourth-order valence-electron chi connectivity index (χ4n) is 2.31. The Balaban J connectivity index is 2.02. The van der Waals surface area contributed by atoms with Gasteiger partial charge in [0.25, 0.3) is 0 Å². The molecule has 0 bridgehead atoms. The van der Waals surface area contributed by atoms with Crippen LogP contribution in [0.25, 0.3) is 0 Å². The molecule has 0 aliphatic carbocycles. The first-order valence-corrected chi connectivity index (χ1v) is 7.05. The van der Waals surface area contributed by atoms with Crippen LogP contribution in [0.5, 0.6) is 5.75 Å². The minimum absolute atomic E-state index is 0.628. The summed E-state index contributed by atoms with van der Waals surface area (Å²) in [7, 11) is 1.69. The summed E-state index contributed by atoms with van der Waals surface area (Å²) in [5.41, 5.74) is 1.29. The van der Waals surface area contributed by atoms with Crippen molar-refractivity contribution in [2.24, 2.45) is 5.92 Å². The van der Waals surface area contributed by atoms with Gasteiger partial charge >= 0.3 is 0 Å². The first-order chi connectivity index (χ1) is 9.67. The molecule has 2 aromatic rings. The molecular weight excluding hydrogens is 250 g/mol. The number of hydrogen-bond acceptors (Lipinski definition) is 3. The Morgan fingerprint density at radius 1 is 1.10 bits per heavy atom. The highest BCUT2D eigenvalue weighted by Gasteiger charge is 2.10. The van der Waals surface area contributed by atoms with Gasteiger partial charge in [-0.1, -0.05) is 26.0 Å². The second-order valence-corrected chi connectivity index (χ2v) is 5.49. The standard InChI is InChI=1S/C17H23NO2/c1-14(2)11-18(13-17-5-4-10-20-17)12-15-6-8-16(19-3)9-7-15/h4-10,14H,11-13H2,1-3H3. The van der Waals surface area contributed by atoms with Crippen molar-refractivity contribution in [1.82, 2.24) is 4.90 Å². The molecule has 0 spiro atoms. The first kappa shape index (κ1) is 14.7. The van der Waals surface area contributed by atoms with E-state index in [1.54, 1.807) is 13.4 Å². The smallest absolute Gasteiger partial charge is 0.118 e. The van der Waals surface area contributed by atoms with E-state index in [-0.39, 0.29) is 0 Å². The van der Waals surface area contributed by atoms with Gasteiger partial charge in [-0.15, -0.1) is 0 Å². The Bertz CT molecular complexity index is 488. The molecule has 0 amide bonds. The maximum atomic E-state index is 5.46. The lowest BCUT2D eigenvalue weighted by Crippen LogP contribution is -2.26. The van der Waals surface area contributed by atoms with E-state index in [1.807, 2.05) is 24.3 Å². The van der Waals surface area contributed by atoms with Crippen LogP contribution in [0, 0.1) is 5.92 Å². The molecule has 0 aliphatic heterocycles. The zero-order valence-electron chi connectivity index (χ0n) is 12.5. The average molecular weight is 273 g/mol. The lowest BCUT2D eigenvalue weighted by atomic mass is 10.1. The van der Waals surface area contributed by atoms with Crippen molar-refractivity contribution in [3.05, 3.63) is 54.0 Å². The molecule has 0 atom stereocenters. The highest BCUT2D eigenvalue weighted by Crippen LogP contribution is 2.16. The third kappa shape index (κ3) is 4.42. The normalized spacial score (nSPS) is 11.2. The number of furan rings is 1.